The van der Waals surface area contributed by atoms with Gasteiger partial charge in [-0.2, -0.15) is 4.31 Å². The summed E-state index contributed by atoms with van der Waals surface area (Å²) in [4.78, 5) is 0.234. The lowest BCUT2D eigenvalue weighted by molar-refractivity contribution is 0.226. The Balaban J connectivity index is 0.00000242. The number of rotatable bonds is 4. The third-order valence-corrected chi connectivity index (χ3v) is 5.96. The molecule has 1 saturated heterocycles. The number of nitrogens with zero attached hydrogens (tertiary/aromatic N) is 1. The van der Waals surface area contributed by atoms with Crippen LogP contribution in [0.15, 0.2) is 23.1 Å². The summed E-state index contributed by atoms with van der Waals surface area (Å²) in [5, 5.41) is 0. The molecule has 1 aromatic carbocycles. The van der Waals surface area contributed by atoms with Crippen molar-refractivity contribution in [2.45, 2.75) is 50.1 Å². The SMILES string of the molecule is COc1ccc(C)cc1S(=O)(=O)N1CCCCC1C(C)N.Cl. The largest absolute Gasteiger partial charge is 0.495 e. The van der Waals surface area contributed by atoms with Gasteiger partial charge < -0.3 is 10.5 Å². The second-order valence-corrected chi connectivity index (χ2v) is 7.55. The molecule has 1 aromatic rings. The number of hydrogen-bond acceptors (Lipinski definition) is 4. The number of benzene rings is 1. The maximum absolute atomic E-state index is 13.0. The van der Waals surface area contributed by atoms with E-state index < -0.39 is 10.0 Å². The fraction of sp³-hybridized carbons (Fsp3) is 0.600. The van der Waals surface area contributed by atoms with Gasteiger partial charge in [0.15, 0.2) is 0 Å². The van der Waals surface area contributed by atoms with Gasteiger partial charge in [0.2, 0.25) is 10.0 Å². The van der Waals surface area contributed by atoms with Crippen LogP contribution in [0.5, 0.6) is 5.75 Å². The number of sulfonamides is 1. The zero-order valence-electron chi connectivity index (χ0n) is 13.3. The van der Waals surface area contributed by atoms with Gasteiger partial charge >= 0.3 is 0 Å². The van der Waals surface area contributed by atoms with E-state index in [4.69, 9.17) is 10.5 Å². The number of piperidine rings is 1. The van der Waals surface area contributed by atoms with Gasteiger partial charge in [0, 0.05) is 18.6 Å². The summed E-state index contributed by atoms with van der Waals surface area (Å²) in [6.45, 7) is 4.26. The number of methoxy groups -OCH3 is 1. The topological polar surface area (TPSA) is 72.6 Å². The van der Waals surface area contributed by atoms with Crippen molar-refractivity contribution in [1.82, 2.24) is 4.31 Å². The standard InChI is InChI=1S/C15H24N2O3S.ClH/c1-11-7-8-14(20-3)15(10-11)21(18,19)17-9-5-4-6-13(17)12(2)16;/h7-8,10,12-13H,4-6,9,16H2,1-3H3;1H. The first kappa shape index (κ1) is 19.2. The van der Waals surface area contributed by atoms with Crippen molar-refractivity contribution >= 4 is 22.4 Å². The summed E-state index contributed by atoms with van der Waals surface area (Å²) in [5.41, 5.74) is 6.89. The van der Waals surface area contributed by atoms with Crippen LogP contribution in [-0.4, -0.2) is 38.5 Å². The third-order valence-electron chi connectivity index (χ3n) is 4.01. The first-order valence-electron chi connectivity index (χ1n) is 7.30. The summed E-state index contributed by atoms with van der Waals surface area (Å²) >= 11 is 0. The van der Waals surface area contributed by atoms with Crippen LogP contribution in [0.4, 0.5) is 0 Å². The molecule has 2 N–H and O–H groups in total. The molecule has 0 radical (unpaired) electrons. The van der Waals surface area contributed by atoms with Crippen molar-refractivity contribution in [3.63, 3.8) is 0 Å². The van der Waals surface area contributed by atoms with Gasteiger partial charge in [-0.25, -0.2) is 8.42 Å². The summed E-state index contributed by atoms with van der Waals surface area (Å²) < 4.78 is 32.8. The van der Waals surface area contributed by atoms with E-state index in [2.05, 4.69) is 0 Å². The quantitative estimate of drug-likeness (QED) is 0.906. The molecule has 1 aliphatic heterocycles. The lowest BCUT2D eigenvalue weighted by Gasteiger charge is -2.37. The highest BCUT2D eigenvalue weighted by Gasteiger charge is 2.36. The van der Waals surface area contributed by atoms with Gasteiger partial charge in [0.25, 0.3) is 0 Å². The van der Waals surface area contributed by atoms with Gasteiger partial charge in [-0.15, -0.1) is 12.4 Å². The second-order valence-electron chi connectivity index (χ2n) is 5.69. The van der Waals surface area contributed by atoms with Crippen LogP contribution in [0.25, 0.3) is 0 Å². The number of hydrogen-bond donors (Lipinski definition) is 1. The molecule has 0 bridgehead atoms. The van der Waals surface area contributed by atoms with Crippen molar-refractivity contribution in [3.8, 4) is 5.75 Å². The average Bonchev–Trinajstić information content (AvgIpc) is 2.47. The minimum absolute atomic E-state index is 0. The Kier molecular flexibility index (Phi) is 6.67. The Bertz CT molecular complexity index is 605. The lowest BCUT2D eigenvalue weighted by atomic mass is 10.00. The molecule has 0 saturated carbocycles. The molecule has 0 aromatic heterocycles. The molecule has 1 heterocycles. The van der Waals surface area contributed by atoms with E-state index in [0.29, 0.717) is 12.3 Å². The van der Waals surface area contributed by atoms with Crippen molar-refractivity contribution < 1.29 is 13.2 Å². The van der Waals surface area contributed by atoms with Crippen LogP contribution in [0, 0.1) is 6.92 Å². The van der Waals surface area contributed by atoms with Crippen LogP contribution in [0.1, 0.15) is 31.7 Å². The van der Waals surface area contributed by atoms with E-state index in [0.717, 1.165) is 24.8 Å². The Hall–Kier alpha value is -0.820. The maximum Gasteiger partial charge on any atom is 0.247 e. The molecule has 22 heavy (non-hydrogen) atoms. The maximum atomic E-state index is 13.0. The predicted octanol–water partition coefficient (Wildman–Crippen LogP) is 2.32. The van der Waals surface area contributed by atoms with Crippen molar-refractivity contribution in [1.29, 1.82) is 0 Å². The molecule has 5 nitrogen and oxygen atoms in total. The van der Waals surface area contributed by atoms with Crippen molar-refractivity contribution in [2.75, 3.05) is 13.7 Å². The molecule has 126 valence electrons. The number of halogens is 1. The molecular weight excluding hydrogens is 324 g/mol. The van der Waals surface area contributed by atoms with E-state index in [9.17, 15) is 8.42 Å². The first-order chi connectivity index (χ1) is 9.87. The van der Waals surface area contributed by atoms with E-state index in [-0.39, 0.29) is 29.4 Å². The first-order valence-corrected chi connectivity index (χ1v) is 8.74. The molecule has 2 atom stereocenters. The Morgan fingerprint density at radius 2 is 2.05 bits per heavy atom. The van der Waals surface area contributed by atoms with Crippen LogP contribution < -0.4 is 10.5 Å². The molecule has 1 aliphatic rings. The smallest absolute Gasteiger partial charge is 0.247 e. The fourth-order valence-electron chi connectivity index (χ4n) is 2.87. The molecule has 1 fully saturated rings. The number of aryl methyl sites for hydroxylation is 1. The van der Waals surface area contributed by atoms with Gasteiger partial charge in [-0.3, -0.25) is 0 Å². The van der Waals surface area contributed by atoms with Gasteiger partial charge in [0.1, 0.15) is 10.6 Å². The fourth-order valence-corrected chi connectivity index (χ4v) is 4.88. The van der Waals surface area contributed by atoms with Crippen molar-refractivity contribution in [2.24, 2.45) is 5.73 Å². The van der Waals surface area contributed by atoms with Crippen molar-refractivity contribution in [3.05, 3.63) is 23.8 Å². The zero-order chi connectivity index (χ0) is 15.6. The molecule has 2 unspecified atom stereocenters. The summed E-state index contributed by atoms with van der Waals surface area (Å²) in [7, 11) is -2.10. The monoisotopic (exact) mass is 348 g/mol. The van der Waals surface area contributed by atoms with Gasteiger partial charge in [-0.05, 0) is 44.4 Å². The molecular formula is C15H25ClN2O3S. The summed E-state index contributed by atoms with van der Waals surface area (Å²) in [5.74, 6) is 0.384. The zero-order valence-corrected chi connectivity index (χ0v) is 14.9. The lowest BCUT2D eigenvalue weighted by Crippen LogP contribution is -2.51. The van der Waals surface area contributed by atoms with Crippen LogP contribution >= 0.6 is 12.4 Å². The molecule has 0 spiro atoms. The average molecular weight is 349 g/mol. The predicted molar refractivity (Wildman–Crippen MR) is 90.2 cm³/mol. The molecule has 2 rings (SSSR count). The highest BCUT2D eigenvalue weighted by molar-refractivity contribution is 7.89. The Labute approximate surface area is 139 Å². The number of nitrogens with two attached hydrogens (primary N) is 1. The van der Waals surface area contributed by atoms with Crippen LogP contribution in [0.2, 0.25) is 0 Å². The third kappa shape index (κ3) is 3.74. The van der Waals surface area contributed by atoms with E-state index >= 15 is 0 Å². The Morgan fingerprint density at radius 1 is 1.36 bits per heavy atom. The Morgan fingerprint density at radius 3 is 2.64 bits per heavy atom. The second kappa shape index (κ2) is 7.64. The van der Waals surface area contributed by atoms with Crippen LogP contribution in [0.3, 0.4) is 0 Å². The van der Waals surface area contributed by atoms with E-state index in [1.54, 1.807) is 16.4 Å². The summed E-state index contributed by atoms with van der Waals surface area (Å²) in [6.07, 6.45) is 2.70. The van der Waals surface area contributed by atoms with Crippen LogP contribution in [-0.2, 0) is 10.0 Å². The molecule has 7 heteroatoms. The number of ether oxygens (including phenoxy) is 1. The molecule has 0 amide bonds. The highest BCUT2D eigenvalue weighted by Crippen LogP contribution is 2.32. The van der Waals surface area contributed by atoms with E-state index in [1.807, 2.05) is 19.9 Å². The van der Waals surface area contributed by atoms with E-state index in [1.165, 1.54) is 7.11 Å². The summed E-state index contributed by atoms with van der Waals surface area (Å²) in [6, 6.07) is 4.88. The highest BCUT2D eigenvalue weighted by atomic mass is 35.5. The van der Waals surface area contributed by atoms with Gasteiger partial charge in [0.05, 0.1) is 7.11 Å². The normalized spacial score (nSPS) is 21.0. The minimum atomic E-state index is -3.59. The minimum Gasteiger partial charge on any atom is -0.495 e. The van der Waals surface area contributed by atoms with Gasteiger partial charge in [-0.1, -0.05) is 12.5 Å². The molecule has 0 aliphatic carbocycles.